The zero-order chi connectivity index (χ0) is 20.2. The number of ether oxygens (including phenoxy) is 1. The highest BCUT2D eigenvalue weighted by molar-refractivity contribution is 5.95. The van der Waals surface area contributed by atoms with E-state index in [-0.39, 0.29) is 18.0 Å². The number of aryl methyl sites for hydroxylation is 2. The number of anilines is 1. The summed E-state index contributed by atoms with van der Waals surface area (Å²) in [6, 6.07) is 24.1. The van der Waals surface area contributed by atoms with Crippen LogP contribution in [0.5, 0.6) is 5.75 Å². The van der Waals surface area contributed by atoms with Crippen molar-refractivity contribution in [3.05, 3.63) is 95.1 Å². The summed E-state index contributed by atoms with van der Waals surface area (Å²) in [7, 11) is 0. The van der Waals surface area contributed by atoms with E-state index in [0.29, 0.717) is 6.61 Å². The van der Waals surface area contributed by atoms with Crippen LogP contribution in [-0.4, -0.2) is 12.5 Å². The van der Waals surface area contributed by atoms with Crippen LogP contribution in [0.3, 0.4) is 0 Å². The lowest BCUT2D eigenvalue weighted by Crippen LogP contribution is -2.88. The number of nitrogens with one attached hydrogen (secondary N) is 1. The monoisotopic (exact) mass is 387 g/mol. The molecule has 148 valence electrons. The number of carbonyl (C=O) groups excluding carboxylic acids is 1. The van der Waals surface area contributed by atoms with Crippen molar-refractivity contribution < 1.29 is 14.8 Å². The third-order valence-corrected chi connectivity index (χ3v) is 5.52. The Bertz CT molecular complexity index is 1000. The second-order valence-electron chi connectivity index (χ2n) is 7.67. The van der Waals surface area contributed by atoms with Gasteiger partial charge in [0.1, 0.15) is 11.8 Å². The standard InChI is InChI=1S/C25H26N2O2/c1-17-12-13-18(2)22(16-17)27-25(28)24(19-8-4-3-5-9-19)26-21-14-15-29-23-11-7-6-10-20(21)23/h3-13,16,21,24,26H,14-15H2,1-2H3,(H,27,28)/p+1/t21-,24+/m0/s1. The summed E-state index contributed by atoms with van der Waals surface area (Å²) in [5.41, 5.74) is 5.21. The van der Waals surface area contributed by atoms with Crippen LogP contribution >= 0.6 is 0 Å². The van der Waals surface area contributed by atoms with Crippen LogP contribution in [0.4, 0.5) is 5.69 Å². The van der Waals surface area contributed by atoms with Crippen molar-refractivity contribution in [2.45, 2.75) is 32.4 Å². The minimum absolute atomic E-state index is 0.00567. The van der Waals surface area contributed by atoms with E-state index < -0.39 is 0 Å². The van der Waals surface area contributed by atoms with Gasteiger partial charge in [0, 0.05) is 17.7 Å². The summed E-state index contributed by atoms with van der Waals surface area (Å²) in [5.74, 6) is 0.913. The molecule has 0 aromatic heterocycles. The number of hydrogen-bond donors (Lipinski definition) is 2. The van der Waals surface area contributed by atoms with Crippen LogP contribution in [-0.2, 0) is 4.79 Å². The number of fused-ring (bicyclic) bond motifs is 1. The van der Waals surface area contributed by atoms with Crippen molar-refractivity contribution >= 4 is 11.6 Å². The predicted molar refractivity (Wildman–Crippen MR) is 115 cm³/mol. The van der Waals surface area contributed by atoms with Crippen LogP contribution < -0.4 is 15.4 Å². The van der Waals surface area contributed by atoms with E-state index in [1.54, 1.807) is 0 Å². The first kappa shape index (κ1) is 19.2. The van der Waals surface area contributed by atoms with Crippen LogP contribution in [0, 0.1) is 13.8 Å². The molecule has 1 aliphatic heterocycles. The molecule has 1 heterocycles. The number of benzene rings is 3. The van der Waals surface area contributed by atoms with E-state index in [2.05, 4.69) is 22.8 Å². The zero-order valence-corrected chi connectivity index (χ0v) is 16.9. The first-order valence-electron chi connectivity index (χ1n) is 10.1. The minimum atomic E-state index is -0.340. The van der Waals surface area contributed by atoms with Gasteiger partial charge >= 0.3 is 0 Å². The molecule has 3 aromatic carbocycles. The molecule has 0 radical (unpaired) electrons. The van der Waals surface area contributed by atoms with E-state index in [1.807, 2.05) is 74.5 Å². The number of rotatable bonds is 5. The van der Waals surface area contributed by atoms with Gasteiger partial charge in [0.25, 0.3) is 5.91 Å². The summed E-state index contributed by atoms with van der Waals surface area (Å²) in [4.78, 5) is 13.4. The van der Waals surface area contributed by atoms with Gasteiger partial charge in [-0.3, -0.25) is 4.79 Å². The molecule has 0 unspecified atom stereocenters. The van der Waals surface area contributed by atoms with Crippen molar-refractivity contribution in [3.8, 4) is 5.75 Å². The van der Waals surface area contributed by atoms with Crippen molar-refractivity contribution in [2.24, 2.45) is 0 Å². The molecule has 0 spiro atoms. The van der Waals surface area contributed by atoms with E-state index in [9.17, 15) is 4.79 Å². The Morgan fingerprint density at radius 3 is 2.62 bits per heavy atom. The van der Waals surface area contributed by atoms with E-state index >= 15 is 0 Å². The van der Waals surface area contributed by atoms with E-state index in [4.69, 9.17) is 4.74 Å². The van der Waals surface area contributed by atoms with Gasteiger partial charge in [-0.15, -0.1) is 0 Å². The number of hydrogen-bond acceptors (Lipinski definition) is 2. The van der Waals surface area contributed by atoms with Gasteiger partial charge in [-0.1, -0.05) is 54.6 Å². The topological polar surface area (TPSA) is 54.9 Å². The highest BCUT2D eigenvalue weighted by Crippen LogP contribution is 2.30. The Kier molecular flexibility index (Phi) is 5.63. The summed E-state index contributed by atoms with van der Waals surface area (Å²) in [6.45, 7) is 4.72. The number of carbonyl (C=O) groups is 1. The number of quaternary nitrogens is 1. The van der Waals surface area contributed by atoms with Crippen LogP contribution in [0.25, 0.3) is 0 Å². The van der Waals surface area contributed by atoms with Gasteiger partial charge in [0.15, 0.2) is 6.04 Å². The third kappa shape index (κ3) is 4.33. The fourth-order valence-corrected chi connectivity index (χ4v) is 3.89. The van der Waals surface area contributed by atoms with Gasteiger partial charge in [-0.25, -0.2) is 0 Å². The maximum absolute atomic E-state index is 13.4. The lowest BCUT2D eigenvalue weighted by molar-refractivity contribution is -0.723. The molecule has 2 atom stereocenters. The number of para-hydroxylation sites is 1. The summed E-state index contributed by atoms with van der Waals surface area (Å²) in [6.07, 6.45) is 0.872. The molecule has 4 heteroatoms. The zero-order valence-electron chi connectivity index (χ0n) is 16.9. The van der Waals surface area contributed by atoms with Crippen LogP contribution in [0.2, 0.25) is 0 Å². The molecule has 0 aliphatic carbocycles. The third-order valence-electron chi connectivity index (χ3n) is 5.52. The average molecular weight is 388 g/mol. The Labute approximate surface area is 171 Å². The summed E-state index contributed by atoms with van der Waals surface area (Å²) >= 11 is 0. The molecule has 1 amide bonds. The summed E-state index contributed by atoms with van der Waals surface area (Å²) in [5, 5.41) is 5.34. The molecule has 1 aliphatic rings. The fraction of sp³-hybridized carbons (Fsp3) is 0.240. The molecule has 0 saturated heterocycles. The first-order chi connectivity index (χ1) is 14.1. The molecule has 0 saturated carbocycles. The Morgan fingerprint density at radius 1 is 1.03 bits per heavy atom. The maximum atomic E-state index is 13.4. The van der Waals surface area contributed by atoms with Crippen LogP contribution in [0.1, 0.15) is 40.8 Å². The number of amides is 1. The molecular weight excluding hydrogens is 360 g/mol. The molecule has 3 N–H and O–H groups in total. The molecule has 3 aromatic rings. The van der Waals surface area contributed by atoms with Crippen molar-refractivity contribution in [3.63, 3.8) is 0 Å². The van der Waals surface area contributed by atoms with Gasteiger partial charge in [-0.2, -0.15) is 0 Å². The Balaban J connectivity index is 1.63. The van der Waals surface area contributed by atoms with E-state index in [1.165, 1.54) is 0 Å². The number of nitrogens with two attached hydrogens (primary N) is 1. The highest BCUT2D eigenvalue weighted by atomic mass is 16.5. The largest absolute Gasteiger partial charge is 0.493 e. The van der Waals surface area contributed by atoms with Gasteiger partial charge in [0.2, 0.25) is 0 Å². The average Bonchev–Trinajstić information content (AvgIpc) is 2.75. The minimum Gasteiger partial charge on any atom is -0.493 e. The van der Waals surface area contributed by atoms with Gasteiger partial charge in [-0.05, 0) is 43.2 Å². The molecular formula is C25H27N2O2+. The van der Waals surface area contributed by atoms with Crippen molar-refractivity contribution in [1.82, 2.24) is 0 Å². The second-order valence-corrected chi connectivity index (χ2v) is 7.67. The molecule has 29 heavy (non-hydrogen) atoms. The lowest BCUT2D eigenvalue weighted by atomic mass is 9.97. The quantitative estimate of drug-likeness (QED) is 0.693. The molecule has 4 nitrogen and oxygen atoms in total. The molecule has 0 bridgehead atoms. The highest BCUT2D eigenvalue weighted by Gasteiger charge is 2.32. The predicted octanol–water partition coefficient (Wildman–Crippen LogP) is 4.07. The normalized spacial score (nSPS) is 16.4. The second kappa shape index (κ2) is 8.50. The van der Waals surface area contributed by atoms with E-state index in [0.717, 1.165) is 40.1 Å². The van der Waals surface area contributed by atoms with Gasteiger partial charge < -0.3 is 15.4 Å². The van der Waals surface area contributed by atoms with Gasteiger partial charge in [0.05, 0.1) is 12.2 Å². The van der Waals surface area contributed by atoms with Crippen LogP contribution in [0.15, 0.2) is 72.8 Å². The summed E-state index contributed by atoms with van der Waals surface area (Å²) < 4.78 is 5.81. The molecule has 4 rings (SSSR count). The van der Waals surface area contributed by atoms with Crippen molar-refractivity contribution in [2.75, 3.05) is 11.9 Å². The first-order valence-corrected chi connectivity index (χ1v) is 10.1. The molecule has 0 fully saturated rings. The Morgan fingerprint density at radius 2 is 1.79 bits per heavy atom. The smallest absolute Gasteiger partial charge is 0.287 e. The maximum Gasteiger partial charge on any atom is 0.287 e. The van der Waals surface area contributed by atoms with Crippen molar-refractivity contribution in [1.29, 1.82) is 0 Å². The Hall–Kier alpha value is -3.11. The fourth-order valence-electron chi connectivity index (χ4n) is 3.89. The SMILES string of the molecule is Cc1ccc(C)c(NC(=O)[C@H]([NH2+][C@H]2CCOc3ccccc32)c2ccccc2)c1. The lowest BCUT2D eigenvalue weighted by Gasteiger charge is -2.27.